The predicted molar refractivity (Wildman–Crippen MR) is 66.9 cm³/mol. The summed E-state index contributed by atoms with van der Waals surface area (Å²) in [5, 5.41) is 4.92. The molecule has 0 saturated heterocycles. The molecular weight excluding hydrogens is 286 g/mol. The van der Waals surface area contributed by atoms with E-state index in [0.29, 0.717) is 10.1 Å². The summed E-state index contributed by atoms with van der Waals surface area (Å²) in [5.74, 6) is 0. The van der Waals surface area contributed by atoms with E-state index in [1.54, 1.807) is 18.5 Å². The van der Waals surface area contributed by atoms with Gasteiger partial charge in [-0.25, -0.2) is 4.79 Å². The highest BCUT2D eigenvalue weighted by Crippen LogP contribution is 2.22. The summed E-state index contributed by atoms with van der Waals surface area (Å²) < 4.78 is 7.06. The number of aromatic nitrogens is 3. The lowest BCUT2D eigenvalue weighted by Gasteiger charge is -2.19. The molecule has 5 nitrogen and oxygen atoms in total. The van der Waals surface area contributed by atoms with E-state index >= 15 is 0 Å². The van der Waals surface area contributed by atoms with Crippen molar-refractivity contribution in [1.29, 1.82) is 0 Å². The fraction of sp³-hybridized carbons (Fsp3) is 0.364. The van der Waals surface area contributed by atoms with Gasteiger partial charge in [0.05, 0.1) is 6.20 Å². The predicted octanol–water partition coefficient (Wildman–Crippen LogP) is 2.98. The first-order valence-electron chi connectivity index (χ1n) is 5.10. The molecule has 2 aromatic rings. The number of hydrogen-bond acceptors (Lipinski definition) is 4. The van der Waals surface area contributed by atoms with Crippen molar-refractivity contribution in [2.75, 3.05) is 0 Å². The van der Waals surface area contributed by atoms with E-state index in [4.69, 9.17) is 4.74 Å². The molecule has 6 heteroatoms. The van der Waals surface area contributed by atoms with Gasteiger partial charge in [0, 0.05) is 11.6 Å². The molecule has 0 amide bonds. The van der Waals surface area contributed by atoms with Crippen molar-refractivity contribution in [3.8, 4) is 0 Å². The van der Waals surface area contributed by atoms with E-state index in [9.17, 15) is 4.79 Å². The number of rotatable bonds is 0. The summed E-state index contributed by atoms with van der Waals surface area (Å²) in [7, 11) is 0. The van der Waals surface area contributed by atoms with Gasteiger partial charge in [-0.2, -0.15) is 9.78 Å². The molecule has 90 valence electrons. The smallest absolute Gasteiger partial charge is 0.435 e. The number of hydrogen-bond donors (Lipinski definition) is 0. The third kappa shape index (κ3) is 2.46. The van der Waals surface area contributed by atoms with Gasteiger partial charge in [0.1, 0.15) is 15.7 Å². The average Bonchev–Trinajstić information content (AvgIpc) is 2.55. The van der Waals surface area contributed by atoms with Crippen LogP contribution in [0.5, 0.6) is 0 Å². The van der Waals surface area contributed by atoms with Crippen LogP contribution in [-0.4, -0.2) is 26.5 Å². The quantitative estimate of drug-likeness (QED) is 0.750. The molecule has 0 saturated carbocycles. The van der Waals surface area contributed by atoms with E-state index < -0.39 is 11.7 Å². The number of halogens is 1. The molecule has 0 unspecified atom stereocenters. The van der Waals surface area contributed by atoms with Crippen molar-refractivity contribution in [3.05, 3.63) is 23.1 Å². The topological polar surface area (TPSA) is 57.0 Å². The highest BCUT2D eigenvalue weighted by molar-refractivity contribution is 9.10. The molecule has 0 radical (unpaired) electrons. The second kappa shape index (κ2) is 4.10. The van der Waals surface area contributed by atoms with E-state index in [0.717, 1.165) is 5.39 Å². The summed E-state index contributed by atoms with van der Waals surface area (Å²) in [6.45, 7) is 5.43. The Hall–Kier alpha value is -1.43. The van der Waals surface area contributed by atoms with Crippen LogP contribution in [0, 0.1) is 0 Å². The van der Waals surface area contributed by atoms with Gasteiger partial charge >= 0.3 is 6.09 Å². The SMILES string of the molecule is CC(C)(C)OC(=O)n1nc(Br)c2ccncc21. The van der Waals surface area contributed by atoms with Crippen molar-refractivity contribution < 1.29 is 9.53 Å². The van der Waals surface area contributed by atoms with E-state index in [1.165, 1.54) is 4.68 Å². The molecule has 0 spiro atoms. The number of ether oxygens (including phenoxy) is 1. The second-order valence-electron chi connectivity index (χ2n) is 4.58. The lowest BCUT2D eigenvalue weighted by atomic mass is 10.2. The van der Waals surface area contributed by atoms with Gasteiger partial charge in [-0.05, 0) is 42.8 Å². The zero-order valence-corrected chi connectivity index (χ0v) is 11.4. The Morgan fingerprint density at radius 1 is 1.47 bits per heavy atom. The maximum atomic E-state index is 11.9. The Kier molecular flexibility index (Phi) is 2.91. The largest absolute Gasteiger partial charge is 0.442 e. The van der Waals surface area contributed by atoms with Crippen LogP contribution in [0.15, 0.2) is 23.1 Å². The summed E-state index contributed by atoms with van der Waals surface area (Å²) in [4.78, 5) is 15.9. The van der Waals surface area contributed by atoms with Crippen molar-refractivity contribution >= 4 is 32.9 Å². The molecule has 0 fully saturated rings. The first-order chi connectivity index (χ1) is 7.88. The molecule has 2 rings (SSSR count). The monoisotopic (exact) mass is 297 g/mol. The minimum atomic E-state index is -0.552. The Bertz CT molecular complexity index is 572. The first-order valence-corrected chi connectivity index (χ1v) is 5.89. The first kappa shape index (κ1) is 12.0. The Balaban J connectivity index is 2.46. The van der Waals surface area contributed by atoms with Crippen molar-refractivity contribution in [2.45, 2.75) is 26.4 Å². The Morgan fingerprint density at radius 2 is 2.18 bits per heavy atom. The van der Waals surface area contributed by atoms with Gasteiger partial charge in [0.25, 0.3) is 0 Å². The van der Waals surface area contributed by atoms with Crippen LogP contribution in [0.25, 0.3) is 10.9 Å². The average molecular weight is 298 g/mol. The van der Waals surface area contributed by atoms with Gasteiger partial charge < -0.3 is 4.74 Å². The number of pyridine rings is 1. The van der Waals surface area contributed by atoms with Crippen LogP contribution in [0.2, 0.25) is 0 Å². The van der Waals surface area contributed by atoms with Gasteiger partial charge in [-0.1, -0.05) is 0 Å². The number of carbonyl (C=O) groups excluding carboxylic acids is 1. The number of nitrogens with zero attached hydrogens (tertiary/aromatic N) is 3. The molecule has 0 aliphatic carbocycles. The third-order valence-electron chi connectivity index (χ3n) is 2.00. The molecular formula is C11H12BrN3O2. The summed E-state index contributed by atoms with van der Waals surface area (Å²) in [5.41, 5.74) is 0.0676. The lowest BCUT2D eigenvalue weighted by Crippen LogP contribution is -2.27. The second-order valence-corrected chi connectivity index (χ2v) is 5.33. The van der Waals surface area contributed by atoms with Crippen LogP contribution in [0.3, 0.4) is 0 Å². The van der Waals surface area contributed by atoms with Crippen LogP contribution in [-0.2, 0) is 4.74 Å². The minimum absolute atomic E-state index is 0.513. The van der Waals surface area contributed by atoms with Crippen LogP contribution >= 0.6 is 15.9 Å². The summed E-state index contributed by atoms with van der Waals surface area (Å²) in [6.07, 6.45) is 2.71. The zero-order valence-electron chi connectivity index (χ0n) is 9.77. The Morgan fingerprint density at radius 3 is 2.82 bits per heavy atom. The lowest BCUT2D eigenvalue weighted by molar-refractivity contribution is 0.0522. The highest BCUT2D eigenvalue weighted by atomic mass is 79.9. The molecule has 17 heavy (non-hydrogen) atoms. The molecule has 0 atom stereocenters. The molecule has 0 aromatic carbocycles. The number of fused-ring (bicyclic) bond motifs is 1. The fourth-order valence-corrected chi connectivity index (χ4v) is 1.86. The number of carbonyl (C=O) groups is 1. The van der Waals surface area contributed by atoms with Gasteiger partial charge in [-0.15, -0.1) is 0 Å². The van der Waals surface area contributed by atoms with Crippen molar-refractivity contribution in [2.24, 2.45) is 0 Å². The van der Waals surface area contributed by atoms with E-state index in [1.807, 2.05) is 20.8 Å². The van der Waals surface area contributed by atoms with E-state index in [2.05, 4.69) is 26.0 Å². The van der Waals surface area contributed by atoms with Crippen molar-refractivity contribution in [3.63, 3.8) is 0 Å². The minimum Gasteiger partial charge on any atom is -0.442 e. The molecule has 0 aliphatic heterocycles. The molecule has 2 heterocycles. The highest BCUT2D eigenvalue weighted by Gasteiger charge is 2.21. The van der Waals surface area contributed by atoms with Crippen LogP contribution in [0.1, 0.15) is 20.8 Å². The Labute approximate surface area is 107 Å². The van der Waals surface area contributed by atoms with Gasteiger partial charge in [0.15, 0.2) is 0 Å². The fourth-order valence-electron chi connectivity index (χ4n) is 1.37. The summed E-state index contributed by atoms with van der Waals surface area (Å²) >= 11 is 3.30. The maximum Gasteiger partial charge on any atom is 0.435 e. The van der Waals surface area contributed by atoms with Gasteiger partial charge in [0.2, 0.25) is 0 Å². The molecule has 0 aliphatic rings. The molecule has 0 bridgehead atoms. The van der Waals surface area contributed by atoms with Gasteiger partial charge in [-0.3, -0.25) is 4.98 Å². The van der Waals surface area contributed by atoms with Crippen LogP contribution < -0.4 is 0 Å². The summed E-state index contributed by atoms with van der Waals surface area (Å²) in [6, 6.07) is 1.79. The maximum absolute atomic E-state index is 11.9. The normalized spacial score (nSPS) is 11.8. The standard InChI is InChI=1S/C11H12BrN3O2/c1-11(2,3)17-10(16)15-8-6-13-5-4-7(8)9(12)14-15/h4-6H,1-3H3. The van der Waals surface area contributed by atoms with E-state index in [-0.39, 0.29) is 0 Å². The third-order valence-corrected chi connectivity index (χ3v) is 2.59. The van der Waals surface area contributed by atoms with Crippen LogP contribution in [0.4, 0.5) is 4.79 Å². The van der Waals surface area contributed by atoms with Crippen molar-refractivity contribution in [1.82, 2.24) is 14.8 Å². The zero-order chi connectivity index (χ0) is 12.6. The molecule has 2 aromatic heterocycles. The molecule has 0 N–H and O–H groups in total.